The van der Waals surface area contributed by atoms with E-state index in [9.17, 15) is 9.59 Å². The van der Waals surface area contributed by atoms with Crippen LogP contribution in [0, 0.1) is 13.8 Å². The van der Waals surface area contributed by atoms with E-state index in [0.29, 0.717) is 15.7 Å². The van der Waals surface area contributed by atoms with Crippen LogP contribution in [-0.4, -0.2) is 18.4 Å². The lowest BCUT2D eigenvalue weighted by atomic mass is 10.1. The van der Waals surface area contributed by atoms with Gasteiger partial charge in [-0.05, 0) is 55.3 Å². The zero-order valence-electron chi connectivity index (χ0n) is 14.4. The summed E-state index contributed by atoms with van der Waals surface area (Å²) in [4.78, 5) is 25.8. The van der Waals surface area contributed by atoms with Gasteiger partial charge >= 0.3 is 0 Å². The number of aryl methyl sites for hydroxylation is 2. The third kappa shape index (κ3) is 5.21. The van der Waals surface area contributed by atoms with Crippen molar-refractivity contribution in [3.63, 3.8) is 0 Å². The Labute approximate surface area is 157 Å². The quantitative estimate of drug-likeness (QED) is 0.796. The van der Waals surface area contributed by atoms with Gasteiger partial charge in [0.05, 0.1) is 0 Å². The van der Waals surface area contributed by atoms with E-state index in [4.69, 9.17) is 23.2 Å². The molecule has 2 aromatic carbocycles. The molecule has 4 nitrogen and oxygen atoms in total. The Hall–Kier alpha value is -2.04. The number of amides is 2. The Bertz CT molecular complexity index is 806. The van der Waals surface area contributed by atoms with Crippen molar-refractivity contribution in [3.8, 4) is 0 Å². The molecular weight excluding hydrogens is 359 g/mol. The molecule has 0 saturated heterocycles. The van der Waals surface area contributed by atoms with Crippen LogP contribution in [0.4, 0.5) is 11.4 Å². The highest BCUT2D eigenvalue weighted by atomic mass is 35.5. The summed E-state index contributed by atoms with van der Waals surface area (Å²) in [5, 5.41) is 4.02. The molecule has 0 fully saturated rings. The lowest BCUT2D eigenvalue weighted by molar-refractivity contribution is -0.117. The Kier molecular flexibility index (Phi) is 6.45. The van der Waals surface area contributed by atoms with Crippen LogP contribution in [0.5, 0.6) is 0 Å². The van der Waals surface area contributed by atoms with Crippen molar-refractivity contribution in [2.75, 3.05) is 16.8 Å². The first kappa shape index (κ1) is 19.3. The van der Waals surface area contributed by atoms with Crippen LogP contribution in [0.1, 0.15) is 24.5 Å². The molecule has 2 rings (SSSR count). The van der Waals surface area contributed by atoms with Crippen LogP contribution in [0.15, 0.2) is 36.4 Å². The Morgan fingerprint density at radius 1 is 1.00 bits per heavy atom. The summed E-state index contributed by atoms with van der Waals surface area (Å²) in [6.45, 7) is 5.52. The van der Waals surface area contributed by atoms with Gasteiger partial charge in [0, 0.05) is 41.3 Å². The molecule has 0 bridgehead atoms. The van der Waals surface area contributed by atoms with Crippen molar-refractivity contribution in [1.29, 1.82) is 0 Å². The number of rotatable bonds is 5. The van der Waals surface area contributed by atoms with Gasteiger partial charge in [-0.2, -0.15) is 0 Å². The molecule has 25 heavy (non-hydrogen) atoms. The molecule has 2 amide bonds. The first-order chi connectivity index (χ1) is 11.8. The van der Waals surface area contributed by atoms with Crippen molar-refractivity contribution in [2.45, 2.75) is 27.2 Å². The van der Waals surface area contributed by atoms with Crippen LogP contribution in [0.3, 0.4) is 0 Å². The fourth-order valence-corrected chi connectivity index (χ4v) is 2.91. The summed E-state index contributed by atoms with van der Waals surface area (Å²) in [5.74, 6) is -0.308. The summed E-state index contributed by atoms with van der Waals surface area (Å²) in [5.41, 5.74) is 3.24. The number of hydrogen-bond donors (Lipinski definition) is 1. The zero-order valence-corrected chi connectivity index (χ0v) is 15.9. The minimum absolute atomic E-state index is 0.138. The van der Waals surface area contributed by atoms with E-state index in [-0.39, 0.29) is 24.8 Å². The highest BCUT2D eigenvalue weighted by Crippen LogP contribution is 2.25. The molecular formula is C19H20Cl2N2O2. The van der Waals surface area contributed by atoms with E-state index in [2.05, 4.69) is 5.32 Å². The molecule has 0 aliphatic heterocycles. The van der Waals surface area contributed by atoms with Gasteiger partial charge in [0.25, 0.3) is 0 Å². The molecule has 0 aromatic heterocycles. The maximum absolute atomic E-state index is 12.3. The second kappa shape index (κ2) is 8.37. The molecule has 132 valence electrons. The minimum Gasteiger partial charge on any atom is -0.326 e. The van der Waals surface area contributed by atoms with Gasteiger partial charge in [-0.3, -0.25) is 9.59 Å². The number of nitrogens with one attached hydrogen (secondary N) is 1. The second-order valence-corrected chi connectivity index (χ2v) is 6.73. The fraction of sp³-hybridized carbons (Fsp3) is 0.263. The van der Waals surface area contributed by atoms with E-state index in [1.54, 1.807) is 35.2 Å². The van der Waals surface area contributed by atoms with Gasteiger partial charge in [0.2, 0.25) is 11.8 Å². The van der Waals surface area contributed by atoms with Crippen LogP contribution in [-0.2, 0) is 9.59 Å². The maximum atomic E-state index is 12.3. The number of anilines is 2. The number of hydrogen-bond acceptors (Lipinski definition) is 2. The Morgan fingerprint density at radius 3 is 2.28 bits per heavy atom. The third-order valence-corrected chi connectivity index (χ3v) is 4.34. The average Bonchev–Trinajstić information content (AvgIpc) is 2.53. The van der Waals surface area contributed by atoms with Crippen molar-refractivity contribution >= 4 is 46.4 Å². The molecule has 0 spiro atoms. The number of halogens is 2. The van der Waals surface area contributed by atoms with Crippen molar-refractivity contribution in [1.82, 2.24) is 0 Å². The smallest absolute Gasteiger partial charge is 0.226 e. The maximum Gasteiger partial charge on any atom is 0.226 e. The normalized spacial score (nSPS) is 10.4. The Morgan fingerprint density at radius 2 is 1.64 bits per heavy atom. The SMILES string of the molecule is CC(=O)N(CCC(=O)Nc1ccc(Cl)cc1C)c1cc(Cl)ccc1C. The van der Waals surface area contributed by atoms with Gasteiger partial charge < -0.3 is 10.2 Å². The third-order valence-electron chi connectivity index (χ3n) is 3.87. The fourth-order valence-electron chi connectivity index (χ4n) is 2.51. The van der Waals surface area contributed by atoms with Gasteiger partial charge in [0.15, 0.2) is 0 Å². The molecule has 0 radical (unpaired) electrons. The number of carbonyl (C=O) groups is 2. The summed E-state index contributed by atoms with van der Waals surface area (Å²) in [6, 6.07) is 10.6. The predicted octanol–water partition coefficient (Wildman–Crippen LogP) is 4.99. The number of nitrogens with zero attached hydrogens (tertiary/aromatic N) is 1. The topological polar surface area (TPSA) is 49.4 Å². The summed E-state index contributed by atoms with van der Waals surface area (Å²) in [6.07, 6.45) is 0.174. The zero-order chi connectivity index (χ0) is 18.6. The van der Waals surface area contributed by atoms with Crippen molar-refractivity contribution in [2.24, 2.45) is 0 Å². The average molecular weight is 379 g/mol. The summed E-state index contributed by atoms with van der Waals surface area (Å²) < 4.78 is 0. The molecule has 0 saturated carbocycles. The molecule has 0 aliphatic rings. The molecule has 1 N–H and O–H groups in total. The lowest BCUT2D eigenvalue weighted by Gasteiger charge is -2.23. The van der Waals surface area contributed by atoms with E-state index >= 15 is 0 Å². The van der Waals surface area contributed by atoms with Gasteiger partial charge in [-0.25, -0.2) is 0 Å². The number of benzene rings is 2. The molecule has 0 unspecified atom stereocenters. The Balaban J connectivity index is 2.07. The van der Waals surface area contributed by atoms with Crippen molar-refractivity contribution in [3.05, 3.63) is 57.6 Å². The molecule has 2 aromatic rings. The van der Waals surface area contributed by atoms with Crippen molar-refractivity contribution < 1.29 is 9.59 Å². The highest BCUT2D eigenvalue weighted by molar-refractivity contribution is 6.31. The molecule has 6 heteroatoms. The predicted molar refractivity (Wildman–Crippen MR) is 104 cm³/mol. The van der Waals surface area contributed by atoms with Crippen LogP contribution in [0.25, 0.3) is 0 Å². The standard InChI is InChI=1S/C19H20Cl2N2O2/c1-12-4-5-16(21)11-18(12)23(14(3)24)9-8-19(25)22-17-7-6-15(20)10-13(17)2/h4-7,10-11H,8-9H2,1-3H3,(H,22,25). The summed E-state index contributed by atoms with van der Waals surface area (Å²) in [7, 11) is 0. The highest BCUT2D eigenvalue weighted by Gasteiger charge is 2.16. The van der Waals surface area contributed by atoms with E-state index < -0.39 is 0 Å². The van der Waals surface area contributed by atoms with Crippen LogP contribution < -0.4 is 10.2 Å². The first-order valence-electron chi connectivity index (χ1n) is 7.88. The largest absolute Gasteiger partial charge is 0.326 e. The lowest BCUT2D eigenvalue weighted by Crippen LogP contribution is -2.32. The monoisotopic (exact) mass is 378 g/mol. The van der Waals surface area contributed by atoms with Crippen LogP contribution >= 0.6 is 23.2 Å². The number of carbonyl (C=O) groups excluding carboxylic acids is 2. The van der Waals surface area contributed by atoms with E-state index in [1.165, 1.54) is 6.92 Å². The van der Waals surface area contributed by atoms with Crippen LogP contribution in [0.2, 0.25) is 10.0 Å². The molecule has 0 atom stereocenters. The molecule has 0 heterocycles. The van der Waals surface area contributed by atoms with E-state index in [0.717, 1.165) is 16.8 Å². The summed E-state index contributed by atoms with van der Waals surface area (Å²) >= 11 is 12.0. The van der Waals surface area contributed by atoms with Gasteiger partial charge in [0.1, 0.15) is 0 Å². The van der Waals surface area contributed by atoms with Gasteiger partial charge in [-0.1, -0.05) is 29.3 Å². The van der Waals surface area contributed by atoms with Gasteiger partial charge in [-0.15, -0.1) is 0 Å². The molecule has 0 aliphatic carbocycles. The second-order valence-electron chi connectivity index (χ2n) is 5.86. The first-order valence-corrected chi connectivity index (χ1v) is 8.64. The minimum atomic E-state index is -0.170. The van der Waals surface area contributed by atoms with E-state index in [1.807, 2.05) is 19.9 Å².